The monoisotopic (exact) mass is 323 g/mol. The maximum Gasteiger partial charge on any atom is 0.335 e. The number of para-hydroxylation sites is 1. The number of hydrogen-bond acceptors (Lipinski definition) is 4. The fraction of sp³-hybridized carbons (Fsp3) is 0.158. The van der Waals surface area contributed by atoms with Gasteiger partial charge in [0.2, 0.25) is 0 Å². The summed E-state index contributed by atoms with van der Waals surface area (Å²) in [5.41, 5.74) is 1.96. The number of carboxylic acids is 1. The van der Waals surface area contributed by atoms with E-state index in [0.717, 1.165) is 17.8 Å². The normalized spacial score (nSPS) is 10.8. The zero-order valence-electron chi connectivity index (χ0n) is 13.4. The minimum absolute atomic E-state index is 0.0636. The van der Waals surface area contributed by atoms with Crippen LogP contribution >= 0.6 is 0 Å². The molecule has 0 bridgehead atoms. The van der Waals surface area contributed by atoms with Gasteiger partial charge in [-0.25, -0.2) is 4.79 Å². The zero-order valence-corrected chi connectivity index (χ0v) is 13.4. The molecular formula is C19H17NO4. The first-order valence-corrected chi connectivity index (χ1v) is 7.63. The Morgan fingerprint density at radius 2 is 1.92 bits per heavy atom. The summed E-state index contributed by atoms with van der Waals surface area (Å²) in [4.78, 5) is 25.6. The van der Waals surface area contributed by atoms with E-state index in [1.54, 1.807) is 0 Å². The van der Waals surface area contributed by atoms with Gasteiger partial charge in [0.05, 0.1) is 10.9 Å². The molecule has 0 fully saturated rings. The zero-order chi connectivity index (χ0) is 17.3. The largest absolute Gasteiger partial charge is 0.478 e. The Morgan fingerprint density at radius 3 is 2.62 bits per heavy atom. The first-order chi connectivity index (χ1) is 11.5. The van der Waals surface area contributed by atoms with Crippen molar-refractivity contribution in [2.75, 3.05) is 18.5 Å². The SMILES string of the molecule is CCN(C)c1ccccc1-c1cc(=O)c2cc(C(=O)O)ccc2o1. The fourth-order valence-corrected chi connectivity index (χ4v) is 2.61. The molecule has 5 nitrogen and oxygen atoms in total. The van der Waals surface area contributed by atoms with Crippen LogP contribution in [-0.4, -0.2) is 24.7 Å². The number of rotatable bonds is 4. The van der Waals surface area contributed by atoms with E-state index < -0.39 is 5.97 Å². The molecule has 0 atom stereocenters. The second-order valence-corrected chi connectivity index (χ2v) is 5.52. The molecule has 1 N–H and O–H groups in total. The number of carboxylic acid groups (broad SMARTS) is 1. The summed E-state index contributed by atoms with van der Waals surface area (Å²) in [6.45, 7) is 2.86. The van der Waals surface area contributed by atoms with E-state index in [0.29, 0.717) is 11.3 Å². The Kier molecular flexibility index (Phi) is 4.08. The van der Waals surface area contributed by atoms with Gasteiger partial charge < -0.3 is 14.4 Å². The van der Waals surface area contributed by atoms with Crippen LogP contribution in [0, 0.1) is 0 Å². The van der Waals surface area contributed by atoms with Gasteiger partial charge in [-0.3, -0.25) is 4.79 Å². The van der Waals surface area contributed by atoms with Crippen LogP contribution in [0.5, 0.6) is 0 Å². The summed E-state index contributed by atoms with van der Waals surface area (Å²) in [5, 5.41) is 9.32. The third-order valence-electron chi connectivity index (χ3n) is 4.03. The summed E-state index contributed by atoms with van der Waals surface area (Å²) in [7, 11) is 1.97. The van der Waals surface area contributed by atoms with E-state index in [4.69, 9.17) is 9.52 Å². The maximum atomic E-state index is 12.4. The van der Waals surface area contributed by atoms with E-state index in [-0.39, 0.29) is 16.4 Å². The van der Waals surface area contributed by atoms with E-state index >= 15 is 0 Å². The Morgan fingerprint density at radius 1 is 1.17 bits per heavy atom. The number of aromatic carboxylic acids is 1. The lowest BCUT2D eigenvalue weighted by molar-refractivity contribution is 0.0697. The van der Waals surface area contributed by atoms with E-state index in [2.05, 4.69) is 4.90 Å². The molecule has 1 aromatic heterocycles. The number of hydrogen-bond donors (Lipinski definition) is 1. The van der Waals surface area contributed by atoms with Gasteiger partial charge >= 0.3 is 5.97 Å². The number of anilines is 1. The standard InChI is InChI=1S/C19H17NO4/c1-3-20(2)15-7-5-4-6-13(15)18-11-16(21)14-10-12(19(22)23)8-9-17(14)24-18/h4-11H,3H2,1-2H3,(H,22,23). The van der Waals surface area contributed by atoms with Crippen molar-refractivity contribution in [3.05, 3.63) is 64.3 Å². The van der Waals surface area contributed by atoms with Crippen molar-refractivity contribution in [1.29, 1.82) is 0 Å². The lowest BCUT2D eigenvalue weighted by Gasteiger charge is -2.20. The van der Waals surface area contributed by atoms with Gasteiger partial charge in [-0.15, -0.1) is 0 Å². The van der Waals surface area contributed by atoms with Crippen LogP contribution in [0.15, 0.2) is 57.7 Å². The van der Waals surface area contributed by atoms with Gasteiger partial charge in [0.15, 0.2) is 5.43 Å². The van der Waals surface area contributed by atoms with Crippen molar-refractivity contribution in [3.63, 3.8) is 0 Å². The molecule has 122 valence electrons. The highest BCUT2D eigenvalue weighted by atomic mass is 16.4. The number of benzene rings is 2. The second-order valence-electron chi connectivity index (χ2n) is 5.52. The van der Waals surface area contributed by atoms with Gasteiger partial charge in [0, 0.05) is 30.9 Å². The van der Waals surface area contributed by atoms with Crippen LogP contribution in [0.1, 0.15) is 17.3 Å². The van der Waals surface area contributed by atoms with Gasteiger partial charge in [-0.1, -0.05) is 12.1 Å². The van der Waals surface area contributed by atoms with Gasteiger partial charge in [0.1, 0.15) is 11.3 Å². The molecular weight excluding hydrogens is 306 g/mol. The van der Waals surface area contributed by atoms with Crippen LogP contribution in [0.25, 0.3) is 22.3 Å². The van der Waals surface area contributed by atoms with E-state index in [9.17, 15) is 9.59 Å². The predicted octanol–water partition coefficient (Wildman–Crippen LogP) is 3.61. The summed E-state index contributed by atoms with van der Waals surface area (Å²) in [6, 6.07) is 13.4. The van der Waals surface area contributed by atoms with E-state index in [1.165, 1.54) is 24.3 Å². The van der Waals surface area contributed by atoms with Crippen LogP contribution < -0.4 is 10.3 Å². The Hall–Kier alpha value is -3.08. The summed E-state index contributed by atoms with van der Waals surface area (Å²) < 4.78 is 5.88. The predicted molar refractivity (Wildman–Crippen MR) is 93.8 cm³/mol. The minimum Gasteiger partial charge on any atom is -0.478 e. The molecule has 0 aliphatic rings. The molecule has 2 aromatic carbocycles. The average Bonchev–Trinajstić information content (AvgIpc) is 2.60. The Balaban J connectivity index is 2.21. The molecule has 0 aliphatic carbocycles. The highest BCUT2D eigenvalue weighted by Crippen LogP contribution is 2.31. The highest BCUT2D eigenvalue weighted by Gasteiger charge is 2.14. The highest BCUT2D eigenvalue weighted by molar-refractivity contribution is 5.93. The minimum atomic E-state index is -1.07. The molecule has 1 heterocycles. The number of fused-ring (bicyclic) bond motifs is 1. The average molecular weight is 323 g/mol. The maximum absolute atomic E-state index is 12.4. The molecule has 0 aliphatic heterocycles. The van der Waals surface area contributed by atoms with Gasteiger partial charge in [-0.05, 0) is 37.3 Å². The van der Waals surface area contributed by atoms with Crippen molar-refractivity contribution >= 4 is 22.6 Å². The topological polar surface area (TPSA) is 70.8 Å². The van der Waals surface area contributed by atoms with Crippen molar-refractivity contribution in [2.24, 2.45) is 0 Å². The van der Waals surface area contributed by atoms with Crippen LogP contribution in [-0.2, 0) is 0 Å². The van der Waals surface area contributed by atoms with Gasteiger partial charge in [0.25, 0.3) is 0 Å². The molecule has 0 unspecified atom stereocenters. The van der Waals surface area contributed by atoms with Crippen LogP contribution in [0.3, 0.4) is 0 Å². The van der Waals surface area contributed by atoms with E-state index in [1.807, 2.05) is 38.2 Å². The van der Waals surface area contributed by atoms with Crippen LogP contribution in [0.2, 0.25) is 0 Å². The second kappa shape index (κ2) is 6.20. The molecule has 0 saturated heterocycles. The quantitative estimate of drug-likeness (QED) is 0.794. The van der Waals surface area contributed by atoms with Crippen molar-refractivity contribution in [3.8, 4) is 11.3 Å². The third-order valence-corrected chi connectivity index (χ3v) is 4.03. The first kappa shape index (κ1) is 15.8. The summed E-state index contributed by atoms with van der Waals surface area (Å²) >= 11 is 0. The number of nitrogens with zero attached hydrogens (tertiary/aromatic N) is 1. The van der Waals surface area contributed by atoms with Crippen LogP contribution in [0.4, 0.5) is 5.69 Å². The molecule has 0 spiro atoms. The summed E-state index contributed by atoms with van der Waals surface area (Å²) in [6.07, 6.45) is 0. The molecule has 0 radical (unpaired) electrons. The smallest absolute Gasteiger partial charge is 0.335 e. The Bertz CT molecular complexity index is 975. The number of carbonyl (C=O) groups is 1. The molecule has 0 amide bonds. The van der Waals surface area contributed by atoms with Crippen molar-refractivity contribution < 1.29 is 14.3 Å². The molecule has 0 saturated carbocycles. The lowest BCUT2D eigenvalue weighted by atomic mass is 10.1. The molecule has 5 heteroatoms. The molecule has 3 rings (SSSR count). The first-order valence-electron chi connectivity index (χ1n) is 7.63. The molecule has 24 heavy (non-hydrogen) atoms. The fourth-order valence-electron chi connectivity index (χ4n) is 2.61. The summed E-state index contributed by atoms with van der Waals surface area (Å²) in [5.74, 6) is -0.609. The lowest BCUT2D eigenvalue weighted by Crippen LogP contribution is -2.16. The van der Waals surface area contributed by atoms with Gasteiger partial charge in [-0.2, -0.15) is 0 Å². The molecule has 3 aromatic rings. The Labute approximate surface area is 138 Å². The third kappa shape index (κ3) is 2.76. The van der Waals surface area contributed by atoms with Crippen molar-refractivity contribution in [2.45, 2.75) is 6.92 Å². The van der Waals surface area contributed by atoms with Crippen molar-refractivity contribution in [1.82, 2.24) is 0 Å².